The first-order valence-electron chi connectivity index (χ1n) is 5.17. The Labute approximate surface area is 107 Å². The van der Waals surface area contributed by atoms with Crippen LogP contribution in [0.3, 0.4) is 0 Å². The van der Waals surface area contributed by atoms with Gasteiger partial charge in [0.2, 0.25) is 0 Å². The molecule has 0 spiro atoms. The fraction of sp³-hybridized carbons (Fsp3) is 0. The van der Waals surface area contributed by atoms with E-state index >= 15 is 0 Å². The molecule has 0 saturated heterocycles. The third-order valence-electron chi connectivity index (χ3n) is 2.32. The standard InChI is InChI=1S/C13H9NO3S/c15-9-11(10-4-2-1-3-5-10)8-12-6-7-13(18-12)14(16)17/h1-9H. The first kappa shape index (κ1) is 12.2. The van der Waals surface area contributed by atoms with Crippen molar-refractivity contribution in [2.75, 3.05) is 0 Å². The molecule has 2 aromatic rings. The fourth-order valence-electron chi connectivity index (χ4n) is 1.49. The van der Waals surface area contributed by atoms with Gasteiger partial charge in [0.05, 0.1) is 4.92 Å². The van der Waals surface area contributed by atoms with E-state index in [2.05, 4.69) is 0 Å². The van der Waals surface area contributed by atoms with Crippen molar-refractivity contribution in [1.29, 1.82) is 0 Å². The summed E-state index contributed by atoms with van der Waals surface area (Å²) in [6, 6.07) is 12.2. The normalized spacial score (nSPS) is 11.2. The summed E-state index contributed by atoms with van der Waals surface area (Å²) in [5.74, 6) is 0. The fourth-order valence-corrected chi connectivity index (χ4v) is 2.26. The summed E-state index contributed by atoms with van der Waals surface area (Å²) in [5, 5.41) is 10.6. The lowest BCUT2D eigenvalue weighted by molar-refractivity contribution is -0.380. The van der Waals surface area contributed by atoms with E-state index in [-0.39, 0.29) is 5.00 Å². The van der Waals surface area contributed by atoms with E-state index in [1.807, 2.05) is 30.3 Å². The van der Waals surface area contributed by atoms with Crippen molar-refractivity contribution >= 4 is 34.3 Å². The Morgan fingerprint density at radius 2 is 1.89 bits per heavy atom. The molecule has 1 heterocycles. The van der Waals surface area contributed by atoms with Crippen LogP contribution in [0.25, 0.3) is 11.6 Å². The molecule has 1 aromatic carbocycles. The van der Waals surface area contributed by atoms with Crippen LogP contribution in [0, 0.1) is 10.1 Å². The van der Waals surface area contributed by atoms with E-state index in [0.717, 1.165) is 23.2 Å². The zero-order valence-electron chi connectivity index (χ0n) is 9.28. The number of benzene rings is 1. The van der Waals surface area contributed by atoms with Gasteiger partial charge in [-0.05, 0) is 17.7 Å². The number of nitro groups is 1. The van der Waals surface area contributed by atoms with Gasteiger partial charge in [-0.25, -0.2) is 0 Å². The molecule has 0 aliphatic heterocycles. The summed E-state index contributed by atoms with van der Waals surface area (Å²) in [6.07, 6.45) is 2.40. The molecule has 0 radical (unpaired) electrons. The highest BCUT2D eigenvalue weighted by atomic mass is 32.1. The van der Waals surface area contributed by atoms with Crippen LogP contribution in [0.1, 0.15) is 10.4 Å². The number of hydrogen-bond donors (Lipinski definition) is 0. The third kappa shape index (κ3) is 2.70. The third-order valence-corrected chi connectivity index (χ3v) is 3.31. The zero-order valence-corrected chi connectivity index (χ0v) is 10.1. The Kier molecular flexibility index (Phi) is 3.64. The van der Waals surface area contributed by atoms with E-state index in [9.17, 15) is 14.9 Å². The Bertz CT molecular complexity index is 602. The van der Waals surface area contributed by atoms with Gasteiger partial charge in [0.1, 0.15) is 0 Å². The molecular weight excluding hydrogens is 250 g/mol. The van der Waals surface area contributed by atoms with Gasteiger partial charge in [0, 0.05) is 16.5 Å². The van der Waals surface area contributed by atoms with Crippen molar-refractivity contribution in [3.63, 3.8) is 0 Å². The van der Waals surface area contributed by atoms with E-state index in [1.54, 1.807) is 12.1 Å². The summed E-state index contributed by atoms with van der Waals surface area (Å²) in [7, 11) is 0. The number of carbonyl (C=O) groups excluding carboxylic acids is 1. The van der Waals surface area contributed by atoms with E-state index < -0.39 is 4.92 Å². The highest BCUT2D eigenvalue weighted by Crippen LogP contribution is 2.27. The van der Waals surface area contributed by atoms with Crippen molar-refractivity contribution in [3.8, 4) is 0 Å². The van der Waals surface area contributed by atoms with Crippen LogP contribution in [0.15, 0.2) is 42.5 Å². The summed E-state index contributed by atoms with van der Waals surface area (Å²) >= 11 is 1.04. The molecule has 2 rings (SSSR count). The Balaban J connectivity index is 2.35. The van der Waals surface area contributed by atoms with Gasteiger partial charge < -0.3 is 0 Å². The topological polar surface area (TPSA) is 60.2 Å². The summed E-state index contributed by atoms with van der Waals surface area (Å²) in [4.78, 5) is 21.9. The Morgan fingerprint density at radius 3 is 2.44 bits per heavy atom. The number of carbonyl (C=O) groups is 1. The van der Waals surface area contributed by atoms with Gasteiger partial charge in [-0.3, -0.25) is 14.9 Å². The zero-order chi connectivity index (χ0) is 13.0. The van der Waals surface area contributed by atoms with Crippen molar-refractivity contribution in [2.45, 2.75) is 0 Å². The smallest absolute Gasteiger partial charge is 0.298 e. The van der Waals surface area contributed by atoms with Gasteiger partial charge in [0.25, 0.3) is 0 Å². The lowest BCUT2D eigenvalue weighted by Crippen LogP contribution is -1.84. The molecule has 18 heavy (non-hydrogen) atoms. The second-order valence-electron chi connectivity index (χ2n) is 3.52. The highest BCUT2D eigenvalue weighted by molar-refractivity contribution is 7.16. The minimum absolute atomic E-state index is 0.0690. The predicted molar refractivity (Wildman–Crippen MR) is 71.4 cm³/mol. The number of nitrogens with zero attached hydrogens (tertiary/aromatic N) is 1. The number of aldehydes is 1. The van der Waals surface area contributed by atoms with E-state index in [4.69, 9.17) is 0 Å². The quantitative estimate of drug-likeness (QED) is 0.366. The molecule has 0 fully saturated rings. The monoisotopic (exact) mass is 259 g/mol. The Morgan fingerprint density at radius 1 is 1.17 bits per heavy atom. The summed E-state index contributed by atoms with van der Waals surface area (Å²) in [6.45, 7) is 0. The molecule has 0 aliphatic rings. The second-order valence-corrected chi connectivity index (χ2v) is 4.61. The molecule has 5 heteroatoms. The van der Waals surface area contributed by atoms with E-state index in [1.165, 1.54) is 6.07 Å². The first-order valence-corrected chi connectivity index (χ1v) is 5.99. The number of hydrogen-bond acceptors (Lipinski definition) is 4. The van der Waals surface area contributed by atoms with Gasteiger partial charge in [-0.15, -0.1) is 0 Å². The number of thiophene rings is 1. The number of rotatable bonds is 4. The Hall–Kier alpha value is -2.27. The van der Waals surface area contributed by atoms with Crippen molar-refractivity contribution < 1.29 is 9.72 Å². The van der Waals surface area contributed by atoms with Crippen LogP contribution in [0.5, 0.6) is 0 Å². The maximum atomic E-state index is 11.1. The van der Waals surface area contributed by atoms with Gasteiger partial charge in [0.15, 0.2) is 6.29 Å². The first-order chi connectivity index (χ1) is 8.70. The van der Waals surface area contributed by atoms with Crippen LogP contribution < -0.4 is 0 Å². The second kappa shape index (κ2) is 5.37. The van der Waals surface area contributed by atoms with Crippen molar-refractivity contribution in [2.24, 2.45) is 0 Å². The van der Waals surface area contributed by atoms with Crippen molar-refractivity contribution in [3.05, 3.63) is 63.0 Å². The minimum atomic E-state index is -0.439. The predicted octanol–water partition coefficient (Wildman–Crippen LogP) is 3.40. The molecule has 0 bridgehead atoms. The summed E-state index contributed by atoms with van der Waals surface area (Å²) in [5.41, 5.74) is 1.30. The van der Waals surface area contributed by atoms with Crippen molar-refractivity contribution in [1.82, 2.24) is 0 Å². The maximum absolute atomic E-state index is 11.1. The molecule has 0 atom stereocenters. The lowest BCUT2D eigenvalue weighted by Gasteiger charge is -1.98. The molecule has 1 aromatic heterocycles. The van der Waals surface area contributed by atoms with Gasteiger partial charge in [-0.1, -0.05) is 41.7 Å². The van der Waals surface area contributed by atoms with Crippen LogP contribution in [-0.2, 0) is 4.79 Å². The minimum Gasteiger partial charge on any atom is -0.298 e. The molecule has 0 saturated carbocycles. The van der Waals surface area contributed by atoms with Gasteiger partial charge >= 0.3 is 5.00 Å². The molecule has 4 nitrogen and oxygen atoms in total. The number of allylic oxidation sites excluding steroid dienone is 1. The van der Waals surface area contributed by atoms with Crippen LogP contribution in [-0.4, -0.2) is 11.2 Å². The van der Waals surface area contributed by atoms with Gasteiger partial charge in [-0.2, -0.15) is 0 Å². The molecule has 0 amide bonds. The lowest BCUT2D eigenvalue weighted by atomic mass is 10.1. The summed E-state index contributed by atoms with van der Waals surface area (Å²) < 4.78 is 0. The molecule has 0 aliphatic carbocycles. The van der Waals surface area contributed by atoms with E-state index in [0.29, 0.717) is 10.5 Å². The average molecular weight is 259 g/mol. The largest absolute Gasteiger partial charge is 0.324 e. The molecular formula is C13H9NO3S. The molecule has 0 N–H and O–H groups in total. The van der Waals surface area contributed by atoms with Crippen LogP contribution in [0.2, 0.25) is 0 Å². The SMILES string of the molecule is O=CC(=Cc1ccc([N+](=O)[O-])s1)c1ccccc1. The highest BCUT2D eigenvalue weighted by Gasteiger charge is 2.09. The van der Waals surface area contributed by atoms with Crippen LogP contribution in [0.4, 0.5) is 5.00 Å². The van der Waals surface area contributed by atoms with Crippen LogP contribution >= 0.6 is 11.3 Å². The molecule has 90 valence electrons. The maximum Gasteiger partial charge on any atom is 0.324 e. The average Bonchev–Trinajstić information content (AvgIpc) is 2.86. The molecule has 0 unspecified atom stereocenters.